The summed E-state index contributed by atoms with van der Waals surface area (Å²) in [6.45, 7) is 14.9. The highest BCUT2D eigenvalue weighted by molar-refractivity contribution is 5.72. The van der Waals surface area contributed by atoms with Crippen molar-refractivity contribution in [3.63, 3.8) is 0 Å². The summed E-state index contributed by atoms with van der Waals surface area (Å²) >= 11 is 0. The number of nitrogens with zero attached hydrogens (tertiary/aromatic N) is 2. The minimum absolute atomic E-state index is 0.00253. The van der Waals surface area contributed by atoms with E-state index < -0.39 is 5.92 Å². The van der Waals surface area contributed by atoms with E-state index in [1.807, 2.05) is 0 Å². The number of likely N-dealkylation sites (N-methyl/N-ethyl adjacent to an activating group) is 1. The van der Waals surface area contributed by atoms with Gasteiger partial charge >= 0.3 is 23.9 Å². The van der Waals surface area contributed by atoms with Gasteiger partial charge in [0.15, 0.2) is 0 Å². The summed E-state index contributed by atoms with van der Waals surface area (Å²) in [6, 6.07) is 0. The minimum Gasteiger partial charge on any atom is -0.466 e. The minimum atomic E-state index is -0.452. The van der Waals surface area contributed by atoms with Crippen LogP contribution in [0.5, 0.6) is 0 Å². The highest BCUT2D eigenvalue weighted by Crippen LogP contribution is 2.21. The Labute approximate surface area is 330 Å². The number of hydrogen-bond acceptors (Lipinski definition) is 10. The Balaban J connectivity index is 2.57. The Morgan fingerprint density at radius 3 is 1.43 bits per heavy atom. The van der Waals surface area contributed by atoms with Crippen LogP contribution in [-0.4, -0.2) is 99.4 Å². The van der Waals surface area contributed by atoms with E-state index in [0.29, 0.717) is 26.0 Å². The van der Waals surface area contributed by atoms with E-state index in [9.17, 15) is 19.2 Å². The van der Waals surface area contributed by atoms with E-state index in [2.05, 4.69) is 37.5 Å². The van der Waals surface area contributed by atoms with Gasteiger partial charge in [0.2, 0.25) is 0 Å². The van der Waals surface area contributed by atoms with Crippen LogP contribution in [0.25, 0.3) is 0 Å². The predicted molar refractivity (Wildman–Crippen MR) is 217 cm³/mol. The van der Waals surface area contributed by atoms with Gasteiger partial charge in [-0.15, -0.1) is 0 Å². The molecule has 0 aromatic carbocycles. The molecule has 0 radical (unpaired) electrons. The molecule has 0 spiro atoms. The van der Waals surface area contributed by atoms with E-state index in [0.717, 1.165) is 96.9 Å². The SMILES string of the molecule is CCCCCCCCCOC(=O)CCCCC(=O)OCC(COC(=O)CCN1CCN(CC)CC1)COC(=O)C(CCCCCC)CCCCCCCC. The number of rotatable bonds is 36. The highest BCUT2D eigenvalue weighted by atomic mass is 16.6. The number of esters is 4. The fraction of sp³-hybridized carbons (Fsp3) is 0.909. The largest absolute Gasteiger partial charge is 0.466 e. The summed E-state index contributed by atoms with van der Waals surface area (Å²) in [7, 11) is 0. The monoisotopic (exact) mass is 767 g/mol. The van der Waals surface area contributed by atoms with E-state index >= 15 is 0 Å². The molecule has 0 N–H and O–H groups in total. The zero-order chi connectivity index (χ0) is 39.5. The second-order valence-corrected chi connectivity index (χ2v) is 15.5. The van der Waals surface area contributed by atoms with Gasteiger partial charge in [-0.25, -0.2) is 0 Å². The van der Waals surface area contributed by atoms with Gasteiger partial charge in [0.25, 0.3) is 0 Å². The van der Waals surface area contributed by atoms with Crippen molar-refractivity contribution in [2.75, 3.05) is 65.7 Å². The van der Waals surface area contributed by atoms with Crippen molar-refractivity contribution in [3.05, 3.63) is 0 Å². The third kappa shape index (κ3) is 28.2. The van der Waals surface area contributed by atoms with Crippen LogP contribution in [0.3, 0.4) is 0 Å². The lowest BCUT2D eigenvalue weighted by Crippen LogP contribution is -2.46. The molecule has 0 saturated carbocycles. The van der Waals surface area contributed by atoms with Gasteiger partial charge in [-0.3, -0.25) is 19.2 Å². The lowest BCUT2D eigenvalue weighted by molar-refractivity contribution is -0.156. The van der Waals surface area contributed by atoms with Crippen molar-refractivity contribution < 1.29 is 38.1 Å². The Kier molecular flexibility index (Phi) is 32.5. The van der Waals surface area contributed by atoms with Gasteiger partial charge in [0.1, 0.15) is 19.8 Å². The summed E-state index contributed by atoms with van der Waals surface area (Å²) in [5.74, 6) is -1.70. The third-order valence-corrected chi connectivity index (χ3v) is 10.6. The van der Waals surface area contributed by atoms with E-state index in [1.54, 1.807) is 0 Å². The molecule has 1 aliphatic rings. The van der Waals surface area contributed by atoms with Crippen LogP contribution >= 0.6 is 0 Å². The number of unbranched alkanes of at least 4 members (excludes halogenated alkanes) is 15. The van der Waals surface area contributed by atoms with Crippen LogP contribution in [-0.2, 0) is 38.1 Å². The smallest absolute Gasteiger partial charge is 0.308 e. The van der Waals surface area contributed by atoms with Gasteiger partial charge in [-0.2, -0.15) is 0 Å². The summed E-state index contributed by atoms with van der Waals surface area (Å²) in [6.07, 6.45) is 23.1. The topological polar surface area (TPSA) is 112 Å². The number of ether oxygens (including phenoxy) is 4. The molecule has 54 heavy (non-hydrogen) atoms. The standard InChI is InChI=1S/C44H82N2O8/c1-5-9-12-15-17-19-24-35-51-41(47)27-22-23-28-42(48)52-36-39(37-53-43(49)29-30-46-33-31-45(8-4)32-34-46)38-54-44(50)40(25-20-14-11-7-3)26-21-18-16-13-10-6-2/h39-40H,5-38H2,1-4H3. The van der Waals surface area contributed by atoms with Crippen molar-refractivity contribution in [2.24, 2.45) is 11.8 Å². The average Bonchev–Trinajstić information content (AvgIpc) is 3.18. The zero-order valence-electron chi connectivity index (χ0n) is 35.4. The molecule has 0 amide bonds. The maximum absolute atomic E-state index is 13.4. The van der Waals surface area contributed by atoms with E-state index in [-0.39, 0.29) is 68.9 Å². The summed E-state index contributed by atoms with van der Waals surface area (Å²) in [5.41, 5.74) is 0. The summed E-state index contributed by atoms with van der Waals surface area (Å²) < 4.78 is 22.5. The second-order valence-electron chi connectivity index (χ2n) is 15.5. The summed E-state index contributed by atoms with van der Waals surface area (Å²) in [4.78, 5) is 55.6. The Morgan fingerprint density at radius 1 is 0.463 bits per heavy atom. The van der Waals surface area contributed by atoms with Gasteiger partial charge in [-0.1, -0.05) is 130 Å². The lowest BCUT2D eigenvalue weighted by Gasteiger charge is -2.33. The maximum atomic E-state index is 13.4. The van der Waals surface area contributed by atoms with Crippen LogP contribution < -0.4 is 0 Å². The van der Waals surface area contributed by atoms with Crippen molar-refractivity contribution in [3.8, 4) is 0 Å². The van der Waals surface area contributed by atoms with Crippen LogP contribution in [0.4, 0.5) is 0 Å². The zero-order valence-corrected chi connectivity index (χ0v) is 35.4. The van der Waals surface area contributed by atoms with Crippen LogP contribution in [0.2, 0.25) is 0 Å². The van der Waals surface area contributed by atoms with Gasteiger partial charge < -0.3 is 28.7 Å². The molecule has 0 aromatic heterocycles. The molecule has 1 rings (SSSR count). The first kappa shape index (κ1) is 49.8. The number of carbonyl (C=O) groups is 4. The van der Waals surface area contributed by atoms with E-state index in [4.69, 9.17) is 18.9 Å². The number of piperazine rings is 1. The van der Waals surface area contributed by atoms with Crippen LogP contribution in [0.1, 0.15) is 182 Å². The average molecular weight is 767 g/mol. The molecule has 1 aliphatic heterocycles. The van der Waals surface area contributed by atoms with Crippen LogP contribution in [0, 0.1) is 11.8 Å². The Morgan fingerprint density at radius 2 is 0.889 bits per heavy atom. The van der Waals surface area contributed by atoms with E-state index in [1.165, 1.54) is 57.8 Å². The molecule has 10 nitrogen and oxygen atoms in total. The quantitative estimate of drug-likeness (QED) is 0.0347. The Bertz CT molecular complexity index is 940. The molecule has 316 valence electrons. The first-order valence-electron chi connectivity index (χ1n) is 22.4. The van der Waals surface area contributed by atoms with Crippen molar-refractivity contribution >= 4 is 23.9 Å². The van der Waals surface area contributed by atoms with Gasteiger partial charge in [0, 0.05) is 45.6 Å². The maximum Gasteiger partial charge on any atom is 0.308 e. The molecular formula is C44H82N2O8. The van der Waals surface area contributed by atoms with Crippen molar-refractivity contribution in [2.45, 2.75) is 182 Å². The molecule has 2 atom stereocenters. The van der Waals surface area contributed by atoms with Gasteiger partial charge in [-0.05, 0) is 38.6 Å². The molecular weight excluding hydrogens is 684 g/mol. The number of carbonyl (C=O) groups excluding carboxylic acids is 4. The van der Waals surface area contributed by atoms with Gasteiger partial charge in [0.05, 0.1) is 24.9 Å². The fourth-order valence-electron chi connectivity index (χ4n) is 6.83. The second kappa shape index (κ2) is 35.2. The third-order valence-electron chi connectivity index (χ3n) is 10.6. The molecule has 1 fully saturated rings. The fourth-order valence-corrected chi connectivity index (χ4v) is 6.83. The normalized spacial score (nSPS) is 14.7. The highest BCUT2D eigenvalue weighted by Gasteiger charge is 2.23. The van der Waals surface area contributed by atoms with Crippen LogP contribution in [0.15, 0.2) is 0 Å². The first-order valence-corrected chi connectivity index (χ1v) is 22.4. The molecule has 10 heteroatoms. The van der Waals surface area contributed by atoms with Crippen molar-refractivity contribution in [1.82, 2.24) is 9.80 Å². The molecule has 1 heterocycles. The first-order chi connectivity index (χ1) is 26.3. The predicted octanol–water partition coefficient (Wildman–Crippen LogP) is 9.45. The molecule has 2 unspecified atom stereocenters. The molecule has 0 aliphatic carbocycles. The van der Waals surface area contributed by atoms with Crippen molar-refractivity contribution in [1.29, 1.82) is 0 Å². The molecule has 0 bridgehead atoms. The molecule has 0 aromatic rings. The number of hydrogen-bond donors (Lipinski definition) is 0. The Hall–Kier alpha value is -2.20. The lowest BCUT2D eigenvalue weighted by atomic mass is 9.94. The summed E-state index contributed by atoms with van der Waals surface area (Å²) in [5, 5.41) is 0. The molecule has 1 saturated heterocycles.